The third-order valence-corrected chi connectivity index (χ3v) is 3.77. The summed E-state index contributed by atoms with van der Waals surface area (Å²) in [5, 5.41) is 3.34. The predicted molar refractivity (Wildman–Crippen MR) is 60.3 cm³/mol. The Morgan fingerprint density at radius 1 is 1.53 bits per heavy atom. The monoisotopic (exact) mass is 210 g/mol. The maximum atomic E-state index is 11.9. The van der Waals surface area contributed by atoms with Gasteiger partial charge in [-0.25, -0.2) is 0 Å². The molecule has 0 spiro atoms. The van der Waals surface area contributed by atoms with E-state index in [-0.39, 0.29) is 18.1 Å². The highest BCUT2D eigenvalue weighted by molar-refractivity contribution is 5.83. The van der Waals surface area contributed by atoms with Crippen LogP contribution in [0.15, 0.2) is 0 Å². The Morgan fingerprint density at radius 2 is 2.20 bits per heavy atom. The molecular formula is C12H22N2O. The Hall–Kier alpha value is -0.570. The lowest BCUT2D eigenvalue weighted by molar-refractivity contribution is -0.130. The number of hydrogen-bond donors (Lipinski definition) is 1. The van der Waals surface area contributed by atoms with E-state index in [1.54, 1.807) is 0 Å². The number of amides is 1. The van der Waals surface area contributed by atoms with Gasteiger partial charge in [0.25, 0.3) is 0 Å². The minimum absolute atomic E-state index is 0.0151. The lowest BCUT2D eigenvalue weighted by Gasteiger charge is -2.26. The van der Waals surface area contributed by atoms with Gasteiger partial charge in [0, 0.05) is 6.54 Å². The van der Waals surface area contributed by atoms with Crippen LogP contribution in [0.3, 0.4) is 0 Å². The van der Waals surface area contributed by atoms with Crippen molar-refractivity contribution in [3.63, 3.8) is 0 Å². The Kier molecular flexibility index (Phi) is 3.01. The average molecular weight is 210 g/mol. The molecule has 0 aromatic heterocycles. The van der Waals surface area contributed by atoms with E-state index in [9.17, 15) is 4.79 Å². The maximum Gasteiger partial charge on any atom is 0.240 e. The van der Waals surface area contributed by atoms with Crippen molar-refractivity contribution in [1.29, 1.82) is 0 Å². The molecule has 1 saturated heterocycles. The molecule has 0 radical (unpaired) electrons. The van der Waals surface area contributed by atoms with Crippen molar-refractivity contribution >= 4 is 5.91 Å². The molecule has 2 rings (SSSR count). The van der Waals surface area contributed by atoms with Crippen molar-refractivity contribution in [2.24, 2.45) is 11.8 Å². The number of nitrogens with zero attached hydrogens (tertiary/aromatic N) is 1. The summed E-state index contributed by atoms with van der Waals surface area (Å²) in [5.41, 5.74) is 0. The quantitative estimate of drug-likeness (QED) is 0.764. The lowest BCUT2D eigenvalue weighted by Crippen LogP contribution is -2.39. The zero-order valence-corrected chi connectivity index (χ0v) is 9.99. The van der Waals surface area contributed by atoms with Crippen molar-refractivity contribution in [3.05, 3.63) is 0 Å². The summed E-state index contributed by atoms with van der Waals surface area (Å²) in [5.74, 6) is 1.84. The van der Waals surface area contributed by atoms with E-state index in [1.807, 2.05) is 11.8 Å². The van der Waals surface area contributed by atoms with Gasteiger partial charge in [0.05, 0.1) is 12.2 Å². The van der Waals surface area contributed by atoms with E-state index < -0.39 is 0 Å². The summed E-state index contributed by atoms with van der Waals surface area (Å²) in [6.07, 6.45) is 4.01. The molecule has 1 heterocycles. The molecule has 3 unspecified atom stereocenters. The van der Waals surface area contributed by atoms with Gasteiger partial charge in [0.1, 0.15) is 0 Å². The van der Waals surface area contributed by atoms with Crippen molar-refractivity contribution in [2.45, 2.75) is 52.2 Å². The number of nitrogens with one attached hydrogen (secondary N) is 1. The molecule has 1 amide bonds. The molecule has 15 heavy (non-hydrogen) atoms. The van der Waals surface area contributed by atoms with Crippen molar-refractivity contribution in [3.8, 4) is 0 Å². The fourth-order valence-corrected chi connectivity index (χ4v) is 2.53. The average Bonchev–Trinajstić information content (AvgIpc) is 3.01. The van der Waals surface area contributed by atoms with E-state index in [0.29, 0.717) is 5.92 Å². The highest BCUT2D eigenvalue weighted by Gasteiger charge is 2.38. The second kappa shape index (κ2) is 4.12. The van der Waals surface area contributed by atoms with Gasteiger partial charge < -0.3 is 4.90 Å². The molecule has 1 aliphatic heterocycles. The molecule has 0 aromatic carbocycles. The van der Waals surface area contributed by atoms with Crippen molar-refractivity contribution in [1.82, 2.24) is 10.2 Å². The highest BCUT2D eigenvalue weighted by Crippen LogP contribution is 2.37. The molecule has 2 aliphatic rings. The van der Waals surface area contributed by atoms with Crippen LogP contribution in [-0.2, 0) is 4.79 Å². The fourth-order valence-electron chi connectivity index (χ4n) is 2.53. The Balaban J connectivity index is 1.95. The predicted octanol–water partition coefficient (Wildman–Crippen LogP) is 1.59. The Labute approximate surface area is 92.2 Å². The van der Waals surface area contributed by atoms with Crippen LogP contribution >= 0.6 is 0 Å². The summed E-state index contributed by atoms with van der Waals surface area (Å²) in [6, 6.07) is 0.0151. The van der Waals surface area contributed by atoms with Gasteiger partial charge >= 0.3 is 0 Å². The molecule has 3 atom stereocenters. The van der Waals surface area contributed by atoms with Gasteiger partial charge in [-0.1, -0.05) is 13.8 Å². The molecule has 1 N–H and O–H groups in total. The van der Waals surface area contributed by atoms with Crippen LogP contribution in [0.1, 0.15) is 40.0 Å². The summed E-state index contributed by atoms with van der Waals surface area (Å²) >= 11 is 0. The van der Waals surface area contributed by atoms with Gasteiger partial charge in [-0.2, -0.15) is 0 Å². The zero-order valence-electron chi connectivity index (χ0n) is 9.99. The standard InChI is InChI=1S/C12H22N2O/c1-4-11-13-9(3)12(15)14(11)7-8(2)10-5-6-10/h8-11,13H,4-7H2,1-3H3. The van der Waals surface area contributed by atoms with E-state index >= 15 is 0 Å². The first-order chi connectivity index (χ1) is 7.13. The summed E-state index contributed by atoms with van der Waals surface area (Å²) in [7, 11) is 0. The minimum atomic E-state index is 0.0151. The Morgan fingerprint density at radius 3 is 2.73 bits per heavy atom. The number of carbonyl (C=O) groups is 1. The second-order valence-electron chi connectivity index (χ2n) is 5.12. The van der Waals surface area contributed by atoms with Crippen LogP contribution in [0.2, 0.25) is 0 Å². The van der Waals surface area contributed by atoms with Gasteiger partial charge in [0.15, 0.2) is 0 Å². The first-order valence-corrected chi connectivity index (χ1v) is 6.20. The third kappa shape index (κ3) is 2.17. The molecular weight excluding hydrogens is 188 g/mol. The van der Waals surface area contributed by atoms with Crippen LogP contribution in [0.4, 0.5) is 0 Å². The van der Waals surface area contributed by atoms with Gasteiger partial charge in [-0.05, 0) is 38.0 Å². The normalized spacial score (nSPS) is 33.5. The highest BCUT2D eigenvalue weighted by atomic mass is 16.2. The number of hydrogen-bond acceptors (Lipinski definition) is 2. The van der Waals surface area contributed by atoms with Crippen LogP contribution in [-0.4, -0.2) is 29.6 Å². The van der Waals surface area contributed by atoms with Crippen LogP contribution in [0.5, 0.6) is 0 Å². The topological polar surface area (TPSA) is 32.3 Å². The summed E-state index contributed by atoms with van der Waals surface area (Å²) in [4.78, 5) is 14.0. The van der Waals surface area contributed by atoms with E-state index in [2.05, 4.69) is 19.2 Å². The fraction of sp³-hybridized carbons (Fsp3) is 0.917. The third-order valence-electron chi connectivity index (χ3n) is 3.77. The number of rotatable bonds is 4. The van der Waals surface area contributed by atoms with Crippen LogP contribution in [0, 0.1) is 11.8 Å². The van der Waals surface area contributed by atoms with Crippen LogP contribution in [0.25, 0.3) is 0 Å². The molecule has 3 nitrogen and oxygen atoms in total. The minimum Gasteiger partial charge on any atom is -0.326 e. The van der Waals surface area contributed by atoms with E-state index in [0.717, 1.165) is 18.9 Å². The van der Waals surface area contributed by atoms with Gasteiger partial charge in [-0.15, -0.1) is 0 Å². The van der Waals surface area contributed by atoms with E-state index in [4.69, 9.17) is 0 Å². The summed E-state index contributed by atoms with van der Waals surface area (Å²) in [6.45, 7) is 7.32. The molecule has 1 aliphatic carbocycles. The lowest BCUT2D eigenvalue weighted by atomic mass is 10.1. The molecule has 2 fully saturated rings. The van der Waals surface area contributed by atoms with Crippen LogP contribution < -0.4 is 5.32 Å². The zero-order chi connectivity index (χ0) is 11.0. The van der Waals surface area contributed by atoms with Gasteiger partial charge in [0.2, 0.25) is 5.91 Å². The number of carbonyl (C=O) groups excluding carboxylic acids is 1. The maximum absolute atomic E-state index is 11.9. The van der Waals surface area contributed by atoms with Gasteiger partial charge in [-0.3, -0.25) is 10.1 Å². The molecule has 0 aromatic rings. The Bertz CT molecular complexity index is 250. The largest absolute Gasteiger partial charge is 0.326 e. The first-order valence-electron chi connectivity index (χ1n) is 6.20. The first kappa shape index (κ1) is 10.9. The summed E-state index contributed by atoms with van der Waals surface area (Å²) < 4.78 is 0. The molecule has 1 saturated carbocycles. The SMILES string of the molecule is CCC1NC(C)C(=O)N1CC(C)C1CC1. The molecule has 86 valence electrons. The van der Waals surface area contributed by atoms with Crippen molar-refractivity contribution in [2.75, 3.05) is 6.54 Å². The molecule has 0 bridgehead atoms. The smallest absolute Gasteiger partial charge is 0.240 e. The van der Waals surface area contributed by atoms with E-state index in [1.165, 1.54) is 12.8 Å². The van der Waals surface area contributed by atoms with Crippen molar-refractivity contribution < 1.29 is 4.79 Å². The second-order valence-corrected chi connectivity index (χ2v) is 5.12. The molecule has 3 heteroatoms.